The van der Waals surface area contributed by atoms with Gasteiger partial charge < -0.3 is 0 Å². The molecule has 0 aliphatic heterocycles. The van der Waals surface area contributed by atoms with Gasteiger partial charge in [-0.2, -0.15) is 0 Å². The van der Waals surface area contributed by atoms with Crippen LogP contribution in [0.4, 0.5) is 0 Å². The summed E-state index contributed by atoms with van der Waals surface area (Å²) < 4.78 is 0.670. The standard InChI is InChI=1S/C9H6ClNS2/c10-9-11-8-5-3-4-12-6(5)1-2-7(8)13-9/h3-4H,1-2H2. The summed E-state index contributed by atoms with van der Waals surface area (Å²) in [5, 5.41) is 2.13. The third kappa shape index (κ3) is 1.15. The summed E-state index contributed by atoms with van der Waals surface area (Å²) in [7, 11) is 0. The van der Waals surface area contributed by atoms with E-state index in [9.17, 15) is 0 Å². The average molecular weight is 228 g/mol. The molecule has 0 saturated heterocycles. The van der Waals surface area contributed by atoms with Crippen LogP contribution in [0, 0.1) is 0 Å². The highest BCUT2D eigenvalue weighted by Gasteiger charge is 2.20. The zero-order valence-corrected chi connectivity index (χ0v) is 9.10. The first kappa shape index (κ1) is 7.97. The number of nitrogens with zero attached hydrogens (tertiary/aromatic N) is 1. The summed E-state index contributed by atoms with van der Waals surface area (Å²) in [6, 6.07) is 2.15. The molecule has 0 radical (unpaired) electrons. The van der Waals surface area contributed by atoms with E-state index in [1.165, 1.54) is 15.3 Å². The number of aromatic nitrogens is 1. The smallest absolute Gasteiger partial charge is 0.184 e. The number of fused-ring (bicyclic) bond motifs is 3. The number of thiophene rings is 1. The van der Waals surface area contributed by atoms with Crippen molar-refractivity contribution in [3.63, 3.8) is 0 Å². The van der Waals surface area contributed by atoms with Gasteiger partial charge in [0.2, 0.25) is 0 Å². The molecule has 0 unspecified atom stereocenters. The van der Waals surface area contributed by atoms with E-state index in [0.717, 1.165) is 18.5 Å². The summed E-state index contributed by atoms with van der Waals surface area (Å²) >= 11 is 9.33. The molecule has 0 spiro atoms. The van der Waals surface area contributed by atoms with E-state index < -0.39 is 0 Å². The van der Waals surface area contributed by atoms with Crippen molar-refractivity contribution in [3.8, 4) is 11.3 Å². The summed E-state index contributed by atoms with van der Waals surface area (Å²) in [6.07, 6.45) is 2.26. The third-order valence-electron chi connectivity index (χ3n) is 2.25. The molecule has 13 heavy (non-hydrogen) atoms. The molecule has 0 fully saturated rings. The number of halogens is 1. The highest BCUT2D eigenvalue weighted by atomic mass is 35.5. The molecule has 3 rings (SSSR count). The summed E-state index contributed by atoms with van der Waals surface area (Å²) in [4.78, 5) is 7.15. The third-order valence-corrected chi connectivity index (χ3v) is 4.45. The van der Waals surface area contributed by atoms with Crippen molar-refractivity contribution in [3.05, 3.63) is 25.7 Å². The molecule has 2 aromatic rings. The number of thiazole rings is 1. The van der Waals surface area contributed by atoms with Crippen molar-refractivity contribution in [1.82, 2.24) is 4.98 Å². The van der Waals surface area contributed by atoms with E-state index in [1.54, 1.807) is 11.3 Å². The molecule has 66 valence electrons. The molecule has 1 aliphatic carbocycles. The maximum Gasteiger partial charge on any atom is 0.184 e. The van der Waals surface area contributed by atoms with Gasteiger partial charge in [-0.05, 0) is 24.3 Å². The molecule has 0 N–H and O–H groups in total. The Labute approximate surface area is 89.0 Å². The molecule has 1 aliphatic rings. The van der Waals surface area contributed by atoms with Crippen LogP contribution in [0.1, 0.15) is 9.75 Å². The fourth-order valence-electron chi connectivity index (χ4n) is 1.68. The van der Waals surface area contributed by atoms with Crippen LogP contribution in [0.3, 0.4) is 0 Å². The van der Waals surface area contributed by atoms with Crippen molar-refractivity contribution >= 4 is 34.3 Å². The first-order chi connectivity index (χ1) is 6.34. The largest absolute Gasteiger partial charge is 0.225 e. The second kappa shape index (κ2) is 2.80. The second-order valence-corrected chi connectivity index (χ2v) is 5.66. The van der Waals surface area contributed by atoms with E-state index in [-0.39, 0.29) is 0 Å². The van der Waals surface area contributed by atoms with Gasteiger partial charge in [-0.25, -0.2) is 4.98 Å². The van der Waals surface area contributed by atoms with Gasteiger partial charge in [-0.3, -0.25) is 0 Å². The Kier molecular flexibility index (Phi) is 1.72. The minimum Gasteiger partial charge on any atom is -0.225 e. The molecule has 1 nitrogen and oxygen atoms in total. The van der Waals surface area contributed by atoms with E-state index in [4.69, 9.17) is 11.6 Å². The minimum absolute atomic E-state index is 0.670. The quantitative estimate of drug-likeness (QED) is 0.670. The van der Waals surface area contributed by atoms with Crippen molar-refractivity contribution in [1.29, 1.82) is 0 Å². The Hall–Kier alpha value is -0.380. The molecular formula is C9H6ClNS2. The lowest BCUT2D eigenvalue weighted by Crippen LogP contribution is -1.97. The zero-order chi connectivity index (χ0) is 8.84. The Bertz CT molecular complexity index is 458. The van der Waals surface area contributed by atoms with Gasteiger partial charge in [0.1, 0.15) is 0 Å². The van der Waals surface area contributed by atoms with Crippen LogP contribution in [0.2, 0.25) is 4.47 Å². The Morgan fingerprint density at radius 1 is 1.31 bits per heavy atom. The maximum absolute atomic E-state index is 5.90. The number of aryl methyl sites for hydroxylation is 2. The van der Waals surface area contributed by atoms with Crippen LogP contribution in [-0.4, -0.2) is 4.98 Å². The molecule has 0 saturated carbocycles. The lowest BCUT2D eigenvalue weighted by molar-refractivity contribution is 0.979. The highest BCUT2D eigenvalue weighted by molar-refractivity contribution is 7.16. The van der Waals surface area contributed by atoms with Gasteiger partial charge in [0.25, 0.3) is 0 Å². The minimum atomic E-state index is 0.670. The van der Waals surface area contributed by atoms with E-state index in [1.807, 2.05) is 11.3 Å². The Morgan fingerprint density at radius 2 is 2.15 bits per heavy atom. The summed E-state index contributed by atoms with van der Waals surface area (Å²) in [5.74, 6) is 0. The molecule has 0 bridgehead atoms. The second-order valence-electron chi connectivity index (χ2n) is 3.00. The van der Waals surface area contributed by atoms with Gasteiger partial charge in [0, 0.05) is 15.3 Å². The molecule has 4 heteroatoms. The van der Waals surface area contributed by atoms with Gasteiger partial charge in [-0.15, -0.1) is 22.7 Å². The summed E-state index contributed by atoms with van der Waals surface area (Å²) in [6.45, 7) is 0. The Balaban J connectivity index is 2.29. The maximum atomic E-state index is 5.90. The lowest BCUT2D eigenvalue weighted by atomic mass is 10.0. The van der Waals surface area contributed by atoms with Gasteiger partial charge in [0.15, 0.2) is 4.47 Å². The predicted molar refractivity (Wildman–Crippen MR) is 57.8 cm³/mol. The van der Waals surface area contributed by atoms with Crippen LogP contribution in [0.5, 0.6) is 0 Å². The summed E-state index contributed by atoms with van der Waals surface area (Å²) in [5.41, 5.74) is 2.42. The van der Waals surface area contributed by atoms with Crippen LogP contribution in [0.15, 0.2) is 11.4 Å². The fourth-order valence-corrected chi connectivity index (χ4v) is 3.72. The molecule has 2 heterocycles. The number of rotatable bonds is 0. The average Bonchev–Trinajstić information content (AvgIpc) is 2.65. The SMILES string of the molecule is Clc1nc2c(s1)CCc1sccc1-2. The van der Waals surface area contributed by atoms with Crippen molar-refractivity contribution in [2.45, 2.75) is 12.8 Å². The van der Waals surface area contributed by atoms with Crippen molar-refractivity contribution < 1.29 is 0 Å². The van der Waals surface area contributed by atoms with Crippen molar-refractivity contribution in [2.24, 2.45) is 0 Å². The van der Waals surface area contributed by atoms with Gasteiger partial charge in [0.05, 0.1) is 5.69 Å². The van der Waals surface area contributed by atoms with Crippen LogP contribution >= 0.6 is 34.3 Å². The first-order valence-electron chi connectivity index (χ1n) is 4.06. The van der Waals surface area contributed by atoms with Crippen LogP contribution in [-0.2, 0) is 12.8 Å². The first-order valence-corrected chi connectivity index (χ1v) is 6.14. The fraction of sp³-hybridized carbons (Fsp3) is 0.222. The normalized spacial score (nSPS) is 13.9. The number of hydrogen-bond acceptors (Lipinski definition) is 3. The van der Waals surface area contributed by atoms with Crippen molar-refractivity contribution in [2.75, 3.05) is 0 Å². The molecular weight excluding hydrogens is 222 g/mol. The highest BCUT2D eigenvalue weighted by Crippen LogP contribution is 2.39. The van der Waals surface area contributed by atoms with Crippen LogP contribution in [0.25, 0.3) is 11.3 Å². The van der Waals surface area contributed by atoms with Gasteiger partial charge in [-0.1, -0.05) is 11.6 Å². The Morgan fingerprint density at radius 3 is 3.08 bits per heavy atom. The zero-order valence-electron chi connectivity index (χ0n) is 6.71. The van der Waals surface area contributed by atoms with E-state index in [0.29, 0.717) is 4.47 Å². The molecule has 0 atom stereocenters. The number of hydrogen-bond donors (Lipinski definition) is 0. The molecule has 0 amide bonds. The predicted octanol–water partition coefficient (Wildman–Crippen LogP) is 3.62. The van der Waals surface area contributed by atoms with E-state index >= 15 is 0 Å². The monoisotopic (exact) mass is 227 g/mol. The van der Waals surface area contributed by atoms with Crippen LogP contribution < -0.4 is 0 Å². The van der Waals surface area contributed by atoms with Gasteiger partial charge >= 0.3 is 0 Å². The topological polar surface area (TPSA) is 12.9 Å². The molecule has 2 aromatic heterocycles. The van der Waals surface area contributed by atoms with E-state index in [2.05, 4.69) is 16.4 Å². The molecule has 0 aromatic carbocycles. The lowest BCUT2D eigenvalue weighted by Gasteiger charge is -2.08.